The summed E-state index contributed by atoms with van der Waals surface area (Å²) in [5.41, 5.74) is 0.672. The van der Waals surface area contributed by atoms with E-state index in [4.69, 9.17) is 16.3 Å². The number of rotatable bonds is 6. The largest absolute Gasteiger partial charge is 0.494 e. The molecule has 0 fully saturated rings. The quantitative estimate of drug-likeness (QED) is 0.670. The van der Waals surface area contributed by atoms with Crippen molar-refractivity contribution in [2.24, 2.45) is 0 Å². The SMILES string of the molecule is COc1ccc(Cl)c(C(=O)c2c[nH]c(C(=O)Cc3cncnc3)c2)c1F. The third-order valence-electron chi connectivity index (χ3n) is 3.73. The molecule has 0 unspecified atom stereocenters. The van der Waals surface area contributed by atoms with Gasteiger partial charge in [0.15, 0.2) is 23.1 Å². The van der Waals surface area contributed by atoms with Crippen molar-refractivity contribution in [2.75, 3.05) is 7.11 Å². The number of halogens is 2. The predicted octanol–water partition coefficient (Wildman–Crippen LogP) is 3.26. The van der Waals surface area contributed by atoms with E-state index in [-0.39, 0.29) is 39.8 Å². The van der Waals surface area contributed by atoms with Crippen LogP contribution in [0.4, 0.5) is 4.39 Å². The Balaban J connectivity index is 1.86. The number of benzene rings is 1. The number of nitrogens with one attached hydrogen (secondary N) is 1. The van der Waals surface area contributed by atoms with Gasteiger partial charge >= 0.3 is 0 Å². The highest BCUT2D eigenvalue weighted by Gasteiger charge is 2.23. The minimum Gasteiger partial charge on any atom is -0.494 e. The normalized spacial score (nSPS) is 10.6. The number of hydrogen-bond acceptors (Lipinski definition) is 5. The molecule has 1 aromatic carbocycles. The monoisotopic (exact) mass is 373 g/mol. The fourth-order valence-electron chi connectivity index (χ4n) is 2.43. The summed E-state index contributed by atoms with van der Waals surface area (Å²) >= 11 is 5.97. The van der Waals surface area contributed by atoms with Gasteiger partial charge in [-0.25, -0.2) is 14.4 Å². The van der Waals surface area contributed by atoms with Crippen molar-refractivity contribution in [3.8, 4) is 5.75 Å². The van der Waals surface area contributed by atoms with Gasteiger partial charge in [-0.3, -0.25) is 9.59 Å². The highest BCUT2D eigenvalue weighted by Crippen LogP contribution is 2.29. The van der Waals surface area contributed by atoms with Crippen LogP contribution in [0.15, 0.2) is 43.1 Å². The minimum absolute atomic E-state index is 0.0381. The molecule has 0 radical (unpaired) electrons. The third-order valence-corrected chi connectivity index (χ3v) is 4.04. The van der Waals surface area contributed by atoms with Gasteiger partial charge in [0.1, 0.15) is 6.33 Å². The standard InChI is InChI=1S/C18H13ClFN3O3/c1-26-15-3-2-12(19)16(17(15)20)18(25)11-5-13(23-8-11)14(24)4-10-6-21-9-22-7-10/h2-3,5-9,23H,4H2,1H3. The number of Topliss-reactive ketones (excluding diaryl/α,β-unsaturated/α-hetero) is 1. The van der Waals surface area contributed by atoms with E-state index in [9.17, 15) is 14.0 Å². The van der Waals surface area contributed by atoms with E-state index in [0.717, 1.165) is 0 Å². The van der Waals surface area contributed by atoms with E-state index in [1.54, 1.807) is 0 Å². The number of nitrogens with zero attached hydrogens (tertiary/aromatic N) is 2. The zero-order valence-corrected chi connectivity index (χ0v) is 14.4. The molecule has 132 valence electrons. The van der Waals surface area contributed by atoms with E-state index in [1.807, 2.05) is 0 Å². The molecule has 0 aliphatic rings. The lowest BCUT2D eigenvalue weighted by Gasteiger charge is -2.07. The summed E-state index contributed by atoms with van der Waals surface area (Å²) in [6, 6.07) is 4.08. The zero-order chi connectivity index (χ0) is 18.7. The molecule has 0 amide bonds. The zero-order valence-electron chi connectivity index (χ0n) is 13.6. The highest BCUT2D eigenvalue weighted by molar-refractivity contribution is 6.35. The van der Waals surface area contributed by atoms with Gasteiger partial charge in [-0.05, 0) is 23.8 Å². The summed E-state index contributed by atoms with van der Waals surface area (Å²) in [7, 11) is 1.29. The molecule has 3 aromatic rings. The number of carbonyl (C=O) groups is 2. The van der Waals surface area contributed by atoms with Gasteiger partial charge < -0.3 is 9.72 Å². The Labute approximate surface area is 153 Å². The second-order valence-electron chi connectivity index (χ2n) is 5.42. The van der Waals surface area contributed by atoms with Crippen LogP contribution in [0.3, 0.4) is 0 Å². The van der Waals surface area contributed by atoms with Gasteiger partial charge in [0.05, 0.1) is 23.4 Å². The predicted molar refractivity (Wildman–Crippen MR) is 92.3 cm³/mol. The Morgan fingerprint density at radius 1 is 1.27 bits per heavy atom. The lowest BCUT2D eigenvalue weighted by Crippen LogP contribution is -2.06. The average molecular weight is 374 g/mol. The van der Waals surface area contributed by atoms with E-state index in [2.05, 4.69) is 15.0 Å². The Hall–Kier alpha value is -3.06. The summed E-state index contributed by atoms with van der Waals surface area (Å²) in [5.74, 6) is -1.84. The smallest absolute Gasteiger partial charge is 0.199 e. The first-order valence-electron chi connectivity index (χ1n) is 7.53. The molecule has 26 heavy (non-hydrogen) atoms. The number of ketones is 2. The van der Waals surface area contributed by atoms with Crippen molar-refractivity contribution in [2.45, 2.75) is 6.42 Å². The Morgan fingerprint density at radius 3 is 2.69 bits per heavy atom. The van der Waals surface area contributed by atoms with E-state index in [1.165, 1.54) is 50.2 Å². The van der Waals surface area contributed by atoms with Crippen molar-refractivity contribution in [1.29, 1.82) is 0 Å². The molecule has 6 nitrogen and oxygen atoms in total. The van der Waals surface area contributed by atoms with Crippen molar-refractivity contribution in [3.05, 3.63) is 76.3 Å². The van der Waals surface area contributed by atoms with Crippen LogP contribution >= 0.6 is 11.6 Å². The van der Waals surface area contributed by atoms with Gasteiger partial charge in [0.25, 0.3) is 0 Å². The highest BCUT2D eigenvalue weighted by atomic mass is 35.5. The van der Waals surface area contributed by atoms with Gasteiger partial charge in [-0.15, -0.1) is 0 Å². The molecule has 0 bridgehead atoms. The van der Waals surface area contributed by atoms with Gasteiger partial charge in [0.2, 0.25) is 0 Å². The fourth-order valence-corrected chi connectivity index (χ4v) is 2.66. The number of carbonyl (C=O) groups excluding carboxylic acids is 2. The van der Waals surface area contributed by atoms with Crippen LogP contribution in [0, 0.1) is 5.82 Å². The number of ether oxygens (including phenoxy) is 1. The molecule has 0 saturated heterocycles. The first-order chi connectivity index (χ1) is 12.5. The first kappa shape index (κ1) is 17.8. The maximum Gasteiger partial charge on any atom is 0.199 e. The molecule has 2 heterocycles. The Morgan fingerprint density at radius 2 is 2.00 bits per heavy atom. The van der Waals surface area contributed by atoms with Crippen LogP contribution in [-0.2, 0) is 6.42 Å². The average Bonchev–Trinajstić information content (AvgIpc) is 3.13. The molecule has 8 heteroatoms. The molecule has 0 spiro atoms. The van der Waals surface area contributed by atoms with Gasteiger partial charge in [0, 0.05) is 30.6 Å². The van der Waals surface area contributed by atoms with Crippen LogP contribution in [0.25, 0.3) is 0 Å². The summed E-state index contributed by atoms with van der Waals surface area (Å²) in [6.45, 7) is 0. The van der Waals surface area contributed by atoms with E-state index >= 15 is 0 Å². The van der Waals surface area contributed by atoms with Crippen LogP contribution in [0.2, 0.25) is 5.02 Å². The second-order valence-corrected chi connectivity index (χ2v) is 5.82. The first-order valence-corrected chi connectivity index (χ1v) is 7.91. The molecular formula is C18H13ClFN3O3. The molecule has 0 saturated carbocycles. The summed E-state index contributed by atoms with van der Waals surface area (Å²) in [5, 5.41) is -0.0381. The fraction of sp³-hybridized carbons (Fsp3) is 0.111. The van der Waals surface area contributed by atoms with Crippen molar-refractivity contribution in [1.82, 2.24) is 15.0 Å². The van der Waals surface area contributed by atoms with Crippen molar-refractivity contribution >= 4 is 23.2 Å². The van der Waals surface area contributed by atoms with Gasteiger partial charge in [-0.1, -0.05) is 11.6 Å². The lowest BCUT2D eigenvalue weighted by molar-refractivity contribution is 0.0988. The topological polar surface area (TPSA) is 84.9 Å². The second kappa shape index (κ2) is 7.45. The number of aromatic amines is 1. The summed E-state index contributed by atoms with van der Waals surface area (Å²) in [4.78, 5) is 35.3. The third kappa shape index (κ3) is 3.48. The van der Waals surface area contributed by atoms with Crippen LogP contribution in [0.1, 0.15) is 32.0 Å². The summed E-state index contributed by atoms with van der Waals surface area (Å²) in [6.07, 6.45) is 5.85. The maximum atomic E-state index is 14.4. The number of methoxy groups -OCH3 is 1. The van der Waals surface area contributed by atoms with Crippen LogP contribution < -0.4 is 4.74 Å². The van der Waals surface area contributed by atoms with Crippen molar-refractivity contribution < 1.29 is 18.7 Å². The molecule has 0 aliphatic carbocycles. The summed E-state index contributed by atoms with van der Waals surface area (Å²) < 4.78 is 19.3. The molecule has 0 aliphatic heterocycles. The van der Waals surface area contributed by atoms with E-state index in [0.29, 0.717) is 5.56 Å². The van der Waals surface area contributed by atoms with Crippen LogP contribution in [0.5, 0.6) is 5.75 Å². The number of aromatic nitrogens is 3. The molecule has 0 atom stereocenters. The molecule has 1 N–H and O–H groups in total. The van der Waals surface area contributed by atoms with E-state index < -0.39 is 11.6 Å². The molecule has 3 rings (SSSR count). The Bertz CT molecular complexity index is 973. The number of hydrogen-bond donors (Lipinski definition) is 1. The Kier molecular flexibility index (Phi) is 5.09. The lowest BCUT2D eigenvalue weighted by atomic mass is 10.0. The molecule has 2 aromatic heterocycles. The van der Waals surface area contributed by atoms with Crippen LogP contribution in [-0.4, -0.2) is 33.6 Å². The molecular weight excluding hydrogens is 361 g/mol. The van der Waals surface area contributed by atoms with Crippen molar-refractivity contribution in [3.63, 3.8) is 0 Å². The number of H-pyrrole nitrogens is 1. The minimum atomic E-state index is -0.847. The van der Waals surface area contributed by atoms with Gasteiger partial charge in [-0.2, -0.15) is 0 Å². The maximum absolute atomic E-state index is 14.4.